The lowest BCUT2D eigenvalue weighted by molar-refractivity contribution is -0.409. The maximum Gasteiger partial charge on any atom is 0.346 e. The van der Waals surface area contributed by atoms with E-state index >= 15 is 0 Å². The normalized spacial score (nSPS) is 14.2. The summed E-state index contributed by atoms with van der Waals surface area (Å²) in [5, 5.41) is 0. The summed E-state index contributed by atoms with van der Waals surface area (Å²) < 4.78 is 10.5. The van der Waals surface area contributed by atoms with Gasteiger partial charge in [0.2, 0.25) is 5.60 Å². The maximum atomic E-state index is 13.1. The van der Waals surface area contributed by atoms with E-state index in [1.54, 1.807) is 81.4 Å². The van der Waals surface area contributed by atoms with Gasteiger partial charge in [-0.3, -0.25) is 9.59 Å². The van der Waals surface area contributed by atoms with Gasteiger partial charge in [-0.2, -0.15) is 0 Å². The molecule has 2 unspecified atom stereocenters. The van der Waals surface area contributed by atoms with Crippen molar-refractivity contribution in [3.8, 4) is 0 Å². The summed E-state index contributed by atoms with van der Waals surface area (Å²) in [6.45, 7) is 6.37. The Morgan fingerprint density at radius 2 is 1.42 bits per heavy atom. The first-order valence-electron chi connectivity index (χ1n) is 9.85. The number of rotatable bonds is 9. The third-order valence-electron chi connectivity index (χ3n) is 4.30. The molecule has 0 aliphatic heterocycles. The first kappa shape index (κ1) is 24.2. The molecule has 0 bridgehead atoms. The molecule has 2 rings (SSSR count). The molecule has 0 radical (unpaired) electrons. The van der Waals surface area contributed by atoms with Gasteiger partial charge in [-0.15, -0.1) is 0 Å². The van der Waals surface area contributed by atoms with Crippen molar-refractivity contribution < 1.29 is 33.6 Å². The second-order valence-electron chi connectivity index (χ2n) is 8.03. The van der Waals surface area contributed by atoms with E-state index in [1.807, 2.05) is 0 Å². The zero-order chi connectivity index (χ0) is 23.1. The number of hydrogen-bond acceptors (Lipinski definition) is 7. The summed E-state index contributed by atoms with van der Waals surface area (Å²) in [7, 11) is 1.17. The predicted octanol–water partition coefficient (Wildman–Crippen LogP) is 4.22. The van der Waals surface area contributed by atoms with Crippen molar-refractivity contribution in [1.29, 1.82) is 0 Å². The molecule has 7 heteroatoms. The number of ketones is 1. The van der Waals surface area contributed by atoms with Crippen molar-refractivity contribution in [3.05, 3.63) is 71.8 Å². The highest BCUT2D eigenvalue weighted by molar-refractivity contribution is 6.00. The molecule has 0 fully saturated rings. The zero-order valence-electron chi connectivity index (χ0n) is 18.4. The molecular formula is C24H28O7. The van der Waals surface area contributed by atoms with Crippen LogP contribution in [0, 0.1) is 0 Å². The number of esters is 2. The summed E-state index contributed by atoms with van der Waals surface area (Å²) >= 11 is 0. The minimum Gasteiger partial charge on any atom is -0.467 e. The molecule has 0 aliphatic rings. The summed E-state index contributed by atoms with van der Waals surface area (Å²) in [5.41, 5.74) is -2.10. The van der Waals surface area contributed by atoms with E-state index in [0.29, 0.717) is 11.1 Å². The van der Waals surface area contributed by atoms with Crippen molar-refractivity contribution in [3.63, 3.8) is 0 Å². The van der Waals surface area contributed by atoms with Crippen LogP contribution in [0.2, 0.25) is 0 Å². The van der Waals surface area contributed by atoms with Crippen LogP contribution in [0.25, 0.3) is 0 Å². The molecule has 0 spiro atoms. The summed E-state index contributed by atoms with van der Waals surface area (Å²) in [6, 6.07) is 17.0. The molecule has 0 saturated heterocycles. The van der Waals surface area contributed by atoms with Crippen molar-refractivity contribution in [2.24, 2.45) is 0 Å². The number of hydrogen-bond donors (Lipinski definition) is 0. The molecular weight excluding hydrogens is 400 g/mol. The molecule has 166 valence electrons. The number of carbonyl (C=O) groups is 3. The van der Waals surface area contributed by atoms with Gasteiger partial charge in [-0.05, 0) is 26.3 Å². The Balaban J connectivity index is 2.64. The number of methoxy groups -OCH3 is 1. The summed E-state index contributed by atoms with van der Waals surface area (Å²) in [5.74, 6) is -1.97. The van der Waals surface area contributed by atoms with Crippen LogP contribution in [0.15, 0.2) is 60.7 Å². The smallest absolute Gasteiger partial charge is 0.346 e. The van der Waals surface area contributed by atoms with Gasteiger partial charge in [-0.25, -0.2) is 14.6 Å². The number of Topliss-reactive ketones (excluding diaryl/α,β-unsaturated/α-hetero) is 1. The van der Waals surface area contributed by atoms with E-state index < -0.39 is 41.4 Å². The van der Waals surface area contributed by atoms with Gasteiger partial charge in [0.05, 0.1) is 19.1 Å². The van der Waals surface area contributed by atoms with Crippen LogP contribution in [-0.2, 0) is 28.8 Å². The highest BCUT2D eigenvalue weighted by Crippen LogP contribution is 2.39. The topological polar surface area (TPSA) is 88.1 Å². The molecule has 0 aliphatic carbocycles. The number of ether oxygens (including phenoxy) is 2. The maximum absolute atomic E-state index is 13.1. The fraction of sp³-hybridized carbons (Fsp3) is 0.375. The molecule has 0 N–H and O–H groups in total. The third kappa shape index (κ3) is 6.47. The van der Waals surface area contributed by atoms with Gasteiger partial charge < -0.3 is 9.47 Å². The van der Waals surface area contributed by atoms with Gasteiger partial charge in [0, 0.05) is 12.5 Å². The van der Waals surface area contributed by atoms with Crippen molar-refractivity contribution in [1.82, 2.24) is 0 Å². The molecule has 2 atom stereocenters. The van der Waals surface area contributed by atoms with E-state index in [0.717, 1.165) is 0 Å². The van der Waals surface area contributed by atoms with Crippen LogP contribution < -0.4 is 0 Å². The number of carbonyl (C=O) groups excluding carboxylic acids is 3. The summed E-state index contributed by atoms with van der Waals surface area (Å²) in [6.07, 6.45) is -1.78. The van der Waals surface area contributed by atoms with Crippen molar-refractivity contribution in [2.45, 2.75) is 51.4 Å². The Morgan fingerprint density at radius 1 is 0.871 bits per heavy atom. The van der Waals surface area contributed by atoms with Crippen LogP contribution in [0.5, 0.6) is 0 Å². The monoisotopic (exact) mass is 428 g/mol. The van der Waals surface area contributed by atoms with Crippen LogP contribution in [0.4, 0.5) is 0 Å². The lowest BCUT2D eigenvalue weighted by atomic mass is 9.84. The Labute approximate surface area is 182 Å². The standard InChI is InChI=1S/C24H28O7/c1-17(25)29-21(19-14-10-7-11-15-19)24(22(27)28-5,31-30-23(2,3)4)16-20(26)18-12-8-6-9-13-18/h6-15,21H,16H2,1-5H3. The van der Waals surface area contributed by atoms with Crippen LogP contribution in [0.1, 0.15) is 56.1 Å². The third-order valence-corrected chi connectivity index (χ3v) is 4.30. The minimum absolute atomic E-state index is 0.366. The minimum atomic E-state index is -2.08. The van der Waals surface area contributed by atoms with Crippen LogP contribution in [-0.4, -0.2) is 36.0 Å². The van der Waals surface area contributed by atoms with Crippen LogP contribution in [0.3, 0.4) is 0 Å². The molecule has 7 nitrogen and oxygen atoms in total. The van der Waals surface area contributed by atoms with E-state index in [4.69, 9.17) is 19.2 Å². The number of benzene rings is 2. The van der Waals surface area contributed by atoms with Gasteiger partial charge in [0.1, 0.15) is 0 Å². The molecule has 0 amide bonds. The zero-order valence-corrected chi connectivity index (χ0v) is 18.4. The van der Waals surface area contributed by atoms with Crippen LogP contribution >= 0.6 is 0 Å². The summed E-state index contributed by atoms with van der Waals surface area (Å²) in [4.78, 5) is 49.5. The highest BCUT2D eigenvalue weighted by Gasteiger charge is 2.55. The molecule has 0 heterocycles. The fourth-order valence-corrected chi connectivity index (χ4v) is 2.94. The first-order chi connectivity index (χ1) is 14.6. The van der Waals surface area contributed by atoms with Gasteiger partial charge in [0.25, 0.3) is 0 Å². The van der Waals surface area contributed by atoms with Crippen molar-refractivity contribution >= 4 is 17.7 Å². The van der Waals surface area contributed by atoms with E-state index in [9.17, 15) is 14.4 Å². The molecule has 0 aromatic heterocycles. The second-order valence-corrected chi connectivity index (χ2v) is 8.03. The first-order valence-corrected chi connectivity index (χ1v) is 9.85. The largest absolute Gasteiger partial charge is 0.467 e. The highest BCUT2D eigenvalue weighted by atomic mass is 17.2. The Morgan fingerprint density at radius 3 is 1.90 bits per heavy atom. The molecule has 31 heavy (non-hydrogen) atoms. The Hall–Kier alpha value is -3.03. The quantitative estimate of drug-likeness (QED) is 0.256. The molecule has 2 aromatic carbocycles. The van der Waals surface area contributed by atoms with Crippen molar-refractivity contribution in [2.75, 3.05) is 7.11 Å². The van der Waals surface area contributed by atoms with Gasteiger partial charge >= 0.3 is 11.9 Å². The van der Waals surface area contributed by atoms with E-state index in [2.05, 4.69) is 0 Å². The van der Waals surface area contributed by atoms with E-state index in [-0.39, 0.29) is 0 Å². The average molecular weight is 428 g/mol. The second kappa shape index (κ2) is 10.3. The van der Waals surface area contributed by atoms with Gasteiger partial charge in [-0.1, -0.05) is 60.7 Å². The fourth-order valence-electron chi connectivity index (χ4n) is 2.94. The predicted molar refractivity (Wildman–Crippen MR) is 113 cm³/mol. The molecule has 2 aromatic rings. The average Bonchev–Trinajstić information content (AvgIpc) is 2.75. The Bertz CT molecular complexity index is 887. The lowest BCUT2D eigenvalue weighted by Crippen LogP contribution is -2.52. The lowest BCUT2D eigenvalue weighted by Gasteiger charge is -2.37. The van der Waals surface area contributed by atoms with Gasteiger partial charge in [0.15, 0.2) is 11.9 Å². The Kier molecular flexibility index (Phi) is 8.08. The SMILES string of the molecule is COC(=O)C(CC(=O)c1ccccc1)(OOC(C)(C)C)C(OC(C)=O)c1ccccc1. The molecule has 0 saturated carbocycles. The van der Waals surface area contributed by atoms with E-state index in [1.165, 1.54) is 14.0 Å².